The van der Waals surface area contributed by atoms with Crippen molar-refractivity contribution in [3.63, 3.8) is 0 Å². The second-order valence-corrected chi connectivity index (χ2v) is 9.49. The summed E-state index contributed by atoms with van der Waals surface area (Å²) in [6, 6.07) is 12.6. The van der Waals surface area contributed by atoms with Gasteiger partial charge in [0.1, 0.15) is 23.2 Å². The molecule has 0 fully saturated rings. The van der Waals surface area contributed by atoms with Crippen LogP contribution in [0.15, 0.2) is 46.9 Å². The molecule has 2 heterocycles. The first-order valence-corrected chi connectivity index (χ1v) is 11.5. The van der Waals surface area contributed by atoms with E-state index in [9.17, 15) is 0 Å². The third kappa shape index (κ3) is 3.83. The van der Waals surface area contributed by atoms with Crippen LogP contribution in [0, 0.1) is 0 Å². The number of hydrogen-bond acceptors (Lipinski definition) is 5. The molecule has 1 aliphatic rings. The first-order chi connectivity index (χ1) is 14.0. The highest BCUT2D eigenvalue weighted by atomic mass is 32.2. The Labute approximate surface area is 180 Å². The molecule has 0 aliphatic carbocycles. The molecule has 1 unspecified atom stereocenters. The molecule has 4 rings (SSSR count). The molecule has 152 valence electrons. The number of rotatable bonds is 6. The van der Waals surface area contributed by atoms with E-state index in [2.05, 4.69) is 60.8 Å². The molecule has 6 heteroatoms. The molecule has 1 aliphatic heterocycles. The summed E-state index contributed by atoms with van der Waals surface area (Å²) in [6.07, 6.45) is 4.45. The molecule has 0 N–H and O–H groups in total. The molecule has 2 aromatic carbocycles. The smallest absolute Gasteiger partial charge is 0.262 e. The van der Waals surface area contributed by atoms with E-state index >= 15 is 0 Å². The van der Waals surface area contributed by atoms with Crippen molar-refractivity contribution in [1.82, 2.24) is 0 Å². The van der Waals surface area contributed by atoms with Crippen LogP contribution < -0.4 is 18.9 Å². The lowest BCUT2D eigenvalue weighted by atomic mass is 10.1. The van der Waals surface area contributed by atoms with Gasteiger partial charge in [0.2, 0.25) is 5.52 Å². The van der Waals surface area contributed by atoms with Crippen molar-refractivity contribution in [3.8, 4) is 11.5 Å². The predicted octanol–water partition coefficient (Wildman–Crippen LogP) is 5.49. The number of thioether (sulfide) groups is 1. The predicted molar refractivity (Wildman–Crippen MR) is 123 cm³/mol. The minimum absolute atomic E-state index is 0.406. The fraction of sp³-hybridized carbons (Fsp3) is 0.348. The number of nitrogens with zero attached hydrogens (tertiary/aromatic N) is 2. The van der Waals surface area contributed by atoms with E-state index < -0.39 is 0 Å². The zero-order valence-electron chi connectivity index (χ0n) is 17.6. The molecule has 29 heavy (non-hydrogen) atoms. The van der Waals surface area contributed by atoms with Gasteiger partial charge in [-0.15, -0.1) is 0 Å². The van der Waals surface area contributed by atoms with Gasteiger partial charge in [-0.1, -0.05) is 35.6 Å². The van der Waals surface area contributed by atoms with E-state index in [0.717, 1.165) is 24.3 Å². The second-order valence-electron chi connectivity index (χ2n) is 7.21. The van der Waals surface area contributed by atoms with Crippen LogP contribution in [-0.2, 0) is 7.05 Å². The molecule has 0 saturated carbocycles. The Hall–Kier alpha value is -2.18. The van der Waals surface area contributed by atoms with Gasteiger partial charge in [-0.2, -0.15) is 4.57 Å². The van der Waals surface area contributed by atoms with Crippen LogP contribution in [0.3, 0.4) is 0 Å². The number of methoxy groups -OCH3 is 2. The van der Waals surface area contributed by atoms with Gasteiger partial charge in [-0.25, -0.2) is 0 Å². The first-order valence-electron chi connectivity index (χ1n) is 9.77. The van der Waals surface area contributed by atoms with Crippen molar-refractivity contribution < 1.29 is 14.0 Å². The second kappa shape index (κ2) is 8.28. The summed E-state index contributed by atoms with van der Waals surface area (Å²) in [6.45, 7) is 2.25. The van der Waals surface area contributed by atoms with Gasteiger partial charge in [0.25, 0.3) is 5.01 Å². The summed E-state index contributed by atoms with van der Waals surface area (Å²) < 4.78 is 14.3. The lowest BCUT2D eigenvalue weighted by Gasteiger charge is -2.22. The first kappa shape index (κ1) is 20.1. The molecule has 0 radical (unpaired) electrons. The average Bonchev–Trinajstić information content (AvgIpc) is 3.23. The largest absolute Gasteiger partial charge is 0.497 e. The molecule has 0 saturated heterocycles. The van der Waals surface area contributed by atoms with E-state index in [4.69, 9.17) is 9.47 Å². The maximum Gasteiger partial charge on any atom is 0.262 e. The standard InChI is InChI=1S/C23H27N2O2S2/c1-6-15(11-22-24(2)18-13-16(26-4)7-9-20(18)28-22)12-23-25(3)19-14-17(27-5)8-10-21(19)29-23/h7-11,13-14,23H,6,12H2,1-5H3/q+1/b15-11+. The maximum atomic E-state index is 5.41. The summed E-state index contributed by atoms with van der Waals surface area (Å²) >= 11 is 3.77. The van der Waals surface area contributed by atoms with Gasteiger partial charge in [0, 0.05) is 24.1 Å². The van der Waals surface area contributed by atoms with Gasteiger partial charge in [-0.05, 0) is 37.1 Å². The molecule has 0 amide bonds. The number of hydrogen-bond donors (Lipinski definition) is 0. The van der Waals surface area contributed by atoms with E-state index in [1.165, 1.54) is 31.4 Å². The molecule has 4 nitrogen and oxygen atoms in total. The number of fused-ring (bicyclic) bond motifs is 2. The average molecular weight is 428 g/mol. The normalized spacial score (nSPS) is 16.4. The van der Waals surface area contributed by atoms with Crippen molar-refractivity contribution in [2.24, 2.45) is 7.05 Å². The van der Waals surface area contributed by atoms with Crippen molar-refractivity contribution in [3.05, 3.63) is 47.0 Å². The van der Waals surface area contributed by atoms with Gasteiger partial charge in [-0.3, -0.25) is 0 Å². The lowest BCUT2D eigenvalue weighted by molar-refractivity contribution is -0.642. The zero-order valence-corrected chi connectivity index (χ0v) is 19.2. The fourth-order valence-electron chi connectivity index (χ4n) is 3.66. The summed E-state index contributed by atoms with van der Waals surface area (Å²) in [5, 5.41) is 1.68. The van der Waals surface area contributed by atoms with Crippen molar-refractivity contribution in [2.75, 3.05) is 26.2 Å². The van der Waals surface area contributed by atoms with E-state index in [0.29, 0.717) is 5.37 Å². The maximum absolute atomic E-state index is 5.41. The topological polar surface area (TPSA) is 25.6 Å². The summed E-state index contributed by atoms with van der Waals surface area (Å²) in [5.74, 6) is 1.81. The third-order valence-electron chi connectivity index (χ3n) is 5.53. The van der Waals surface area contributed by atoms with Crippen molar-refractivity contribution in [2.45, 2.75) is 30.0 Å². The van der Waals surface area contributed by atoms with Crippen LogP contribution in [0.5, 0.6) is 11.5 Å². The van der Waals surface area contributed by atoms with Crippen LogP contribution in [0.1, 0.15) is 24.8 Å². The van der Waals surface area contributed by atoms with Crippen molar-refractivity contribution >= 4 is 45.1 Å². The minimum atomic E-state index is 0.406. The quantitative estimate of drug-likeness (QED) is 0.486. The number of anilines is 1. The minimum Gasteiger partial charge on any atom is -0.497 e. The van der Waals surface area contributed by atoms with Gasteiger partial charge in [0.15, 0.2) is 0 Å². The van der Waals surface area contributed by atoms with E-state index in [-0.39, 0.29) is 0 Å². The SMILES string of the molecule is CC/C(=C\c1sc2ccc(OC)cc2[n+]1C)CC1Sc2ccc(OC)cc2N1C. The monoisotopic (exact) mass is 427 g/mol. The molecule has 1 aromatic heterocycles. The Bertz CT molecular complexity index is 1070. The highest BCUT2D eigenvalue weighted by Gasteiger charge is 2.28. The van der Waals surface area contributed by atoms with E-state index in [1.54, 1.807) is 14.2 Å². The molecule has 0 bridgehead atoms. The van der Waals surface area contributed by atoms with Gasteiger partial charge < -0.3 is 14.4 Å². The zero-order chi connectivity index (χ0) is 20.5. The lowest BCUT2D eigenvalue weighted by Crippen LogP contribution is -2.29. The van der Waals surface area contributed by atoms with Crippen molar-refractivity contribution in [1.29, 1.82) is 0 Å². The fourth-order valence-corrected chi connectivity index (χ4v) is 6.12. The Morgan fingerprint density at radius 1 is 1.14 bits per heavy atom. The third-order valence-corrected chi connectivity index (χ3v) is 8.05. The van der Waals surface area contributed by atoms with Crippen LogP contribution in [0.2, 0.25) is 0 Å². The summed E-state index contributed by atoms with van der Waals surface area (Å²) in [5.41, 5.74) is 3.93. The van der Waals surface area contributed by atoms with Gasteiger partial charge in [0.05, 0.1) is 31.3 Å². The van der Waals surface area contributed by atoms with Crippen LogP contribution >= 0.6 is 23.1 Å². The van der Waals surface area contributed by atoms with E-state index in [1.807, 2.05) is 35.2 Å². The molecule has 0 spiro atoms. The Kier molecular flexibility index (Phi) is 5.74. The number of ether oxygens (including phenoxy) is 2. The summed E-state index contributed by atoms with van der Waals surface area (Å²) in [4.78, 5) is 3.70. The summed E-state index contributed by atoms with van der Waals surface area (Å²) in [7, 11) is 7.75. The van der Waals surface area contributed by atoms with Gasteiger partial charge >= 0.3 is 0 Å². The number of aromatic nitrogens is 1. The Morgan fingerprint density at radius 2 is 1.86 bits per heavy atom. The molecular formula is C23H27N2O2S2+. The number of thiazole rings is 1. The number of benzene rings is 2. The van der Waals surface area contributed by atoms with Crippen LogP contribution in [0.25, 0.3) is 16.3 Å². The van der Waals surface area contributed by atoms with Crippen LogP contribution in [-0.4, -0.2) is 26.6 Å². The molecule has 3 aromatic rings. The molecular weight excluding hydrogens is 400 g/mol. The highest BCUT2D eigenvalue weighted by molar-refractivity contribution is 8.00. The number of aryl methyl sites for hydroxylation is 1. The molecule has 1 atom stereocenters. The Morgan fingerprint density at radius 3 is 2.59 bits per heavy atom. The highest BCUT2D eigenvalue weighted by Crippen LogP contribution is 2.46. The van der Waals surface area contributed by atoms with Crippen LogP contribution in [0.4, 0.5) is 5.69 Å². The Balaban J connectivity index is 1.59.